The average Bonchev–Trinajstić information content (AvgIpc) is 2.85. The molecule has 0 saturated heterocycles. The summed E-state index contributed by atoms with van der Waals surface area (Å²) >= 11 is 5.67. The molecule has 0 aliphatic heterocycles. The number of carbonyl (C=O) groups is 1. The van der Waals surface area contributed by atoms with Gasteiger partial charge in [-0.25, -0.2) is 9.78 Å². The number of nitrogens with one attached hydrogen (secondary N) is 1. The number of imidazole rings is 1. The molecule has 3 rings (SSSR count). The van der Waals surface area contributed by atoms with Gasteiger partial charge >= 0.3 is 5.97 Å². The van der Waals surface area contributed by atoms with E-state index >= 15 is 0 Å². The average molecular weight is 323 g/mol. The van der Waals surface area contributed by atoms with Crippen LogP contribution in [0, 0.1) is 5.41 Å². The fraction of sp³-hybridized carbons (Fsp3) is 0.529. The van der Waals surface area contributed by atoms with Crippen molar-refractivity contribution < 1.29 is 9.53 Å². The first kappa shape index (κ1) is 16.8. The zero-order valence-electron chi connectivity index (χ0n) is 13.4. The Morgan fingerprint density at radius 3 is 2.50 bits per heavy atom. The largest absolute Gasteiger partial charge is 0.465 e. The smallest absolute Gasteiger partial charge is 0.337 e. The third-order valence-electron chi connectivity index (χ3n) is 4.08. The molecule has 0 spiro atoms. The van der Waals surface area contributed by atoms with Crippen LogP contribution in [0.1, 0.15) is 56.3 Å². The van der Waals surface area contributed by atoms with E-state index in [1.807, 2.05) is 0 Å². The summed E-state index contributed by atoms with van der Waals surface area (Å²) in [6.45, 7) is 4.76. The predicted octanol–water partition coefficient (Wildman–Crippen LogP) is 4.98. The Bertz CT molecular complexity index is 641. The number of nitrogens with zero attached hydrogens (tertiary/aromatic N) is 1. The molecule has 1 saturated carbocycles. The van der Waals surface area contributed by atoms with Gasteiger partial charge in [0.1, 0.15) is 0 Å². The van der Waals surface area contributed by atoms with Gasteiger partial charge in [0.25, 0.3) is 0 Å². The number of halogens is 1. The Hall–Kier alpha value is -1.55. The second-order valence-electron chi connectivity index (χ2n) is 6.48. The van der Waals surface area contributed by atoms with E-state index in [1.165, 1.54) is 39.2 Å². The highest BCUT2D eigenvalue weighted by Gasteiger charge is 2.19. The van der Waals surface area contributed by atoms with E-state index < -0.39 is 0 Å². The van der Waals surface area contributed by atoms with Crippen molar-refractivity contribution in [3.63, 3.8) is 0 Å². The van der Waals surface area contributed by atoms with Crippen LogP contribution >= 0.6 is 11.6 Å². The number of hydrogen-bond donors (Lipinski definition) is 1. The summed E-state index contributed by atoms with van der Waals surface area (Å²) < 4.78 is 4.59. The lowest BCUT2D eigenvalue weighted by molar-refractivity contribution is 0.0601. The van der Waals surface area contributed by atoms with Crippen LogP contribution in [0.25, 0.3) is 11.0 Å². The Morgan fingerprint density at radius 1 is 1.27 bits per heavy atom. The molecule has 4 nitrogen and oxygen atoms in total. The van der Waals surface area contributed by atoms with Gasteiger partial charge in [0.2, 0.25) is 5.28 Å². The number of methoxy groups -OCH3 is 1. The first-order valence-electron chi connectivity index (χ1n) is 7.65. The van der Waals surface area contributed by atoms with E-state index in [0.29, 0.717) is 16.3 Å². The quantitative estimate of drug-likeness (QED) is 0.753. The van der Waals surface area contributed by atoms with Gasteiger partial charge in [-0.3, -0.25) is 0 Å². The molecular formula is C17H23ClN2O2. The van der Waals surface area contributed by atoms with Crippen molar-refractivity contribution in [2.24, 2.45) is 5.41 Å². The number of esters is 1. The molecule has 5 heteroatoms. The van der Waals surface area contributed by atoms with E-state index in [4.69, 9.17) is 11.6 Å². The van der Waals surface area contributed by atoms with Crippen LogP contribution in [-0.2, 0) is 4.74 Å². The Labute approximate surface area is 136 Å². The van der Waals surface area contributed by atoms with E-state index in [9.17, 15) is 4.79 Å². The van der Waals surface area contributed by atoms with Gasteiger partial charge in [0.05, 0.1) is 23.7 Å². The lowest BCUT2D eigenvalue weighted by atomic mass is 9.78. The summed E-state index contributed by atoms with van der Waals surface area (Å²) in [6.07, 6.45) is 7.31. The minimum Gasteiger partial charge on any atom is -0.465 e. The standard InChI is InChI=1S/C9H7ClN2O2.C8H16/c1-14-8(13)5-2-3-6-7(4-5)12-9(10)11-6;1-8(2)6-4-3-5-7-8/h2-4H,1H3,(H,11,12);3-7H2,1-2H3. The van der Waals surface area contributed by atoms with E-state index in [1.54, 1.807) is 18.2 Å². The third-order valence-corrected chi connectivity index (χ3v) is 4.26. The highest BCUT2D eigenvalue weighted by Crippen LogP contribution is 2.34. The normalized spacial score (nSPS) is 16.7. The lowest BCUT2D eigenvalue weighted by Gasteiger charge is -2.28. The highest BCUT2D eigenvalue weighted by molar-refractivity contribution is 6.29. The molecule has 120 valence electrons. The topological polar surface area (TPSA) is 55.0 Å². The molecule has 0 radical (unpaired) electrons. The molecular weight excluding hydrogens is 300 g/mol. The van der Waals surface area contributed by atoms with Crippen molar-refractivity contribution in [1.29, 1.82) is 0 Å². The molecule has 0 amide bonds. The fourth-order valence-corrected chi connectivity index (χ4v) is 2.93. The summed E-state index contributed by atoms with van der Waals surface area (Å²) in [7, 11) is 1.34. The molecule has 0 unspecified atom stereocenters. The minimum absolute atomic E-state index is 0.307. The fourth-order valence-electron chi connectivity index (χ4n) is 2.73. The molecule has 1 aliphatic rings. The van der Waals surface area contributed by atoms with Crippen LogP contribution in [0.15, 0.2) is 18.2 Å². The number of aromatic nitrogens is 2. The second kappa shape index (κ2) is 7.14. The molecule has 1 fully saturated rings. The number of benzene rings is 1. The third kappa shape index (κ3) is 4.47. The lowest BCUT2D eigenvalue weighted by Crippen LogP contribution is -2.14. The molecule has 22 heavy (non-hydrogen) atoms. The second-order valence-corrected chi connectivity index (χ2v) is 6.83. The zero-order chi connectivity index (χ0) is 16.2. The van der Waals surface area contributed by atoms with Gasteiger partial charge in [-0.15, -0.1) is 0 Å². The van der Waals surface area contributed by atoms with Gasteiger partial charge in [-0.1, -0.05) is 33.1 Å². The molecule has 1 aromatic carbocycles. The Balaban J connectivity index is 0.000000188. The first-order valence-corrected chi connectivity index (χ1v) is 8.03. The van der Waals surface area contributed by atoms with Crippen molar-refractivity contribution in [2.45, 2.75) is 46.0 Å². The van der Waals surface area contributed by atoms with Crippen LogP contribution in [0.2, 0.25) is 5.28 Å². The van der Waals surface area contributed by atoms with Crippen molar-refractivity contribution in [1.82, 2.24) is 9.97 Å². The van der Waals surface area contributed by atoms with Gasteiger partial charge in [0, 0.05) is 0 Å². The summed E-state index contributed by atoms with van der Waals surface area (Å²) in [4.78, 5) is 18.0. The minimum atomic E-state index is -0.377. The van der Waals surface area contributed by atoms with Crippen molar-refractivity contribution in [3.8, 4) is 0 Å². The number of ether oxygens (including phenoxy) is 1. The first-order chi connectivity index (χ1) is 10.4. The van der Waals surface area contributed by atoms with Crippen LogP contribution < -0.4 is 0 Å². The number of hydrogen-bond acceptors (Lipinski definition) is 3. The van der Waals surface area contributed by atoms with Crippen molar-refractivity contribution in [3.05, 3.63) is 29.0 Å². The van der Waals surface area contributed by atoms with E-state index in [-0.39, 0.29) is 5.97 Å². The van der Waals surface area contributed by atoms with Gasteiger partial charge < -0.3 is 9.72 Å². The molecule has 0 bridgehead atoms. The van der Waals surface area contributed by atoms with Crippen LogP contribution in [0.5, 0.6) is 0 Å². The summed E-state index contributed by atoms with van der Waals surface area (Å²) in [5.74, 6) is -0.377. The summed E-state index contributed by atoms with van der Waals surface area (Å²) in [5, 5.41) is 0.307. The number of rotatable bonds is 1. The molecule has 1 aliphatic carbocycles. The number of carbonyl (C=O) groups excluding carboxylic acids is 1. The maximum Gasteiger partial charge on any atom is 0.337 e. The maximum absolute atomic E-state index is 11.2. The molecule has 0 atom stereocenters. The van der Waals surface area contributed by atoms with Crippen molar-refractivity contribution in [2.75, 3.05) is 7.11 Å². The summed E-state index contributed by atoms with van der Waals surface area (Å²) in [6, 6.07) is 5.01. The maximum atomic E-state index is 11.2. The van der Waals surface area contributed by atoms with Gasteiger partial charge in [-0.2, -0.15) is 0 Å². The van der Waals surface area contributed by atoms with Crippen LogP contribution in [0.4, 0.5) is 0 Å². The predicted molar refractivity (Wildman–Crippen MR) is 89.3 cm³/mol. The molecule has 2 aromatic rings. The molecule has 1 N–H and O–H groups in total. The summed E-state index contributed by atoms with van der Waals surface area (Å²) in [5.41, 5.74) is 2.60. The highest BCUT2D eigenvalue weighted by atomic mass is 35.5. The number of fused-ring (bicyclic) bond motifs is 1. The van der Waals surface area contributed by atoms with Gasteiger partial charge in [-0.05, 0) is 48.1 Å². The molecule has 1 heterocycles. The van der Waals surface area contributed by atoms with Crippen LogP contribution in [0.3, 0.4) is 0 Å². The van der Waals surface area contributed by atoms with Crippen molar-refractivity contribution >= 4 is 28.6 Å². The zero-order valence-corrected chi connectivity index (χ0v) is 14.2. The Kier molecular flexibility index (Phi) is 5.46. The number of aromatic amines is 1. The monoisotopic (exact) mass is 322 g/mol. The van der Waals surface area contributed by atoms with E-state index in [0.717, 1.165) is 11.0 Å². The van der Waals surface area contributed by atoms with Gasteiger partial charge in [0.15, 0.2) is 0 Å². The molecule has 1 aromatic heterocycles. The van der Waals surface area contributed by atoms with Crippen LogP contribution in [-0.4, -0.2) is 23.0 Å². The number of H-pyrrole nitrogens is 1. The van der Waals surface area contributed by atoms with E-state index in [2.05, 4.69) is 28.6 Å². The Morgan fingerprint density at radius 2 is 1.95 bits per heavy atom. The SMILES string of the molecule is CC1(C)CCCCC1.COC(=O)c1ccc2nc(Cl)[nH]c2c1.